The number of hydrogen-bond donors (Lipinski definition) is 1. The van der Waals surface area contributed by atoms with Crippen LogP contribution in [-0.2, 0) is 24.1 Å². The van der Waals surface area contributed by atoms with Crippen LogP contribution in [0.3, 0.4) is 0 Å². The maximum Gasteiger partial charge on any atom is 0.0850 e. The summed E-state index contributed by atoms with van der Waals surface area (Å²) in [4.78, 5) is 0. The predicted octanol–water partition coefficient (Wildman–Crippen LogP) is 2.68. The Morgan fingerprint density at radius 2 is 2.25 bits per heavy atom. The largest absolute Gasteiger partial charge is 0.381 e. The molecule has 0 spiro atoms. The molecule has 0 amide bonds. The number of aromatic nitrogens is 2. The van der Waals surface area contributed by atoms with Crippen molar-refractivity contribution in [3.05, 3.63) is 16.4 Å². The van der Waals surface area contributed by atoms with Gasteiger partial charge in [0.25, 0.3) is 0 Å². The van der Waals surface area contributed by atoms with Gasteiger partial charge in [0.05, 0.1) is 23.0 Å². The summed E-state index contributed by atoms with van der Waals surface area (Å²) < 4.78 is 7.60. The van der Waals surface area contributed by atoms with Crippen molar-refractivity contribution in [1.29, 1.82) is 0 Å². The van der Waals surface area contributed by atoms with Gasteiger partial charge in [-0.15, -0.1) is 0 Å². The van der Waals surface area contributed by atoms with E-state index in [2.05, 4.69) is 35.9 Å². The van der Waals surface area contributed by atoms with E-state index in [1.165, 1.54) is 5.69 Å². The number of halogens is 1. The standard InChI is InChI=1S/C15H26ClN3O/c1-4-12-15(16)14(19(6-3)18-12)9-13(17-5-2)11-7-8-20-10-11/h11,13,17H,4-10H2,1-3H3. The van der Waals surface area contributed by atoms with Crippen molar-refractivity contribution < 1.29 is 4.74 Å². The predicted molar refractivity (Wildman–Crippen MR) is 82.4 cm³/mol. The molecule has 2 heterocycles. The Kier molecular flexibility index (Phi) is 5.87. The van der Waals surface area contributed by atoms with Gasteiger partial charge in [-0.1, -0.05) is 25.4 Å². The van der Waals surface area contributed by atoms with Crippen LogP contribution in [0.4, 0.5) is 0 Å². The zero-order valence-corrected chi connectivity index (χ0v) is 13.5. The van der Waals surface area contributed by atoms with Crippen LogP contribution in [0.5, 0.6) is 0 Å². The highest BCUT2D eigenvalue weighted by Crippen LogP contribution is 2.26. The summed E-state index contributed by atoms with van der Waals surface area (Å²) in [7, 11) is 0. The van der Waals surface area contributed by atoms with Crippen molar-refractivity contribution >= 4 is 11.6 Å². The normalized spacial score (nSPS) is 20.5. The molecule has 2 atom stereocenters. The summed E-state index contributed by atoms with van der Waals surface area (Å²) >= 11 is 6.52. The maximum atomic E-state index is 6.52. The molecule has 2 unspecified atom stereocenters. The summed E-state index contributed by atoms with van der Waals surface area (Å²) in [6, 6.07) is 0.423. The summed E-state index contributed by atoms with van der Waals surface area (Å²) in [5, 5.41) is 9.07. The maximum absolute atomic E-state index is 6.52. The van der Waals surface area contributed by atoms with Crippen LogP contribution in [0.2, 0.25) is 5.02 Å². The van der Waals surface area contributed by atoms with Crippen molar-refractivity contribution in [3.63, 3.8) is 0 Å². The lowest BCUT2D eigenvalue weighted by atomic mass is 9.94. The number of likely N-dealkylation sites (N-methyl/N-ethyl adjacent to an activating group) is 1. The van der Waals surface area contributed by atoms with Gasteiger partial charge in [0.2, 0.25) is 0 Å². The average molecular weight is 300 g/mol. The summed E-state index contributed by atoms with van der Waals surface area (Å²) in [6.07, 6.45) is 2.95. The molecule has 1 aromatic rings. The fraction of sp³-hybridized carbons (Fsp3) is 0.800. The molecule has 1 aliphatic rings. The van der Waals surface area contributed by atoms with E-state index in [0.717, 1.165) is 56.3 Å². The van der Waals surface area contributed by atoms with Crippen LogP contribution in [0.15, 0.2) is 0 Å². The molecule has 0 aliphatic carbocycles. The quantitative estimate of drug-likeness (QED) is 0.841. The second-order valence-electron chi connectivity index (χ2n) is 5.37. The van der Waals surface area contributed by atoms with E-state index in [9.17, 15) is 0 Å². The Labute approximate surface area is 126 Å². The van der Waals surface area contributed by atoms with Gasteiger partial charge in [-0.2, -0.15) is 5.10 Å². The third kappa shape index (κ3) is 3.35. The molecule has 1 aliphatic heterocycles. The fourth-order valence-electron chi connectivity index (χ4n) is 2.96. The number of ether oxygens (including phenoxy) is 1. The van der Waals surface area contributed by atoms with Gasteiger partial charge in [0.1, 0.15) is 0 Å². The van der Waals surface area contributed by atoms with E-state index in [4.69, 9.17) is 16.3 Å². The smallest absolute Gasteiger partial charge is 0.0850 e. The van der Waals surface area contributed by atoms with E-state index < -0.39 is 0 Å². The first-order valence-electron chi connectivity index (χ1n) is 7.76. The molecule has 1 aromatic heterocycles. The highest BCUT2D eigenvalue weighted by molar-refractivity contribution is 6.31. The minimum absolute atomic E-state index is 0.423. The average Bonchev–Trinajstić information content (AvgIpc) is 3.07. The Bertz CT molecular complexity index is 427. The highest BCUT2D eigenvalue weighted by atomic mass is 35.5. The Morgan fingerprint density at radius 3 is 2.80 bits per heavy atom. The summed E-state index contributed by atoms with van der Waals surface area (Å²) in [5.41, 5.74) is 2.19. The van der Waals surface area contributed by atoms with Crippen molar-refractivity contribution in [1.82, 2.24) is 15.1 Å². The molecule has 20 heavy (non-hydrogen) atoms. The SMILES string of the molecule is CCNC(Cc1c(Cl)c(CC)nn1CC)C1CCOC1. The zero-order valence-electron chi connectivity index (χ0n) is 12.8. The molecule has 0 bridgehead atoms. The van der Waals surface area contributed by atoms with Gasteiger partial charge in [0.15, 0.2) is 0 Å². The van der Waals surface area contributed by atoms with Gasteiger partial charge < -0.3 is 10.1 Å². The number of aryl methyl sites for hydroxylation is 2. The highest BCUT2D eigenvalue weighted by Gasteiger charge is 2.27. The molecule has 0 radical (unpaired) electrons. The molecular weight excluding hydrogens is 274 g/mol. The lowest BCUT2D eigenvalue weighted by molar-refractivity contribution is 0.176. The molecule has 1 saturated heterocycles. The monoisotopic (exact) mass is 299 g/mol. The topological polar surface area (TPSA) is 39.1 Å². The molecule has 0 saturated carbocycles. The summed E-state index contributed by atoms with van der Waals surface area (Å²) in [5.74, 6) is 0.580. The number of hydrogen-bond acceptors (Lipinski definition) is 3. The van der Waals surface area contributed by atoms with Crippen LogP contribution in [0.25, 0.3) is 0 Å². The van der Waals surface area contributed by atoms with Crippen LogP contribution < -0.4 is 5.32 Å². The van der Waals surface area contributed by atoms with E-state index >= 15 is 0 Å². The molecule has 5 heteroatoms. The van der Waals surface area contributed by atoms with Crippen molar-refractivity contribution in [2.24, 2.45) is 5.92 Å². The molecular formula is C15H26ClN3O. The second kappa shape index (κ2) is 7.43. The van der Waals surface area contributed by atoms with E-state index in [1.54, 1.807) is 0 Å². The number of nitrogens with zero attached hydrogens (tertiary/aromatic N) is 2. The van der Waals surface area contributed by atoms with Gasteiger partial charge in [-0.05, 0) is 26.3 Å². The first kappa shape index (κ1) is 15.8. The zero-order chi connectivity index (χ0) is 14.5. The van der Waals surface area contributed by atoms with E-state index in [0.29, 0.717) is 12.0 Å². The van der Waals surface area contributed by atoms with Gasteiger partial charge in [0, 0.05) is 31.5 Å². The molecule has 2 rings (SSSR count). The van der Waals surface area contributed by atoms with Crippen LogP contribution in [0, 0.1) is 5.92 Å². The number of rotatable bonds is 7. The lowest BCUT2D eigenvalue weighted by Gasteiger charge is -2.23. The van der Waals surface area contributed by atoms with Gasteiger partial charge >= 0.3 is 0 Å². The third-order valence-corrected chi connectivity index (χ3v) is 4.54. The molecule has 4 nitrogen and oxygen atoms in total. The van der Waals surface area contributed by atoms with Crippen molar-refractivity contribution in [3.8, 4) is 0 Å². The van der Waals surface area contributed by atoms with Crippen molar-refractivity contribution in [2.75, 3.05) is 19.8 Å². The minimum atomic E-state index is 0.423. The van der Waals surface area contributed by atoms with E-state index in [-0.39, 0.29) is 0 Å². The lowest BCUT2D eigenvalue weighted by Crippen LogP contribution is -2.39. The fourth-order valence-corrected chi connectivity index (χ4v) is 3.30. The molecule has 1 fully saturated rings. The van der Waals surface area contributed by atoms with Crippen molar-refractivity contribution in [2.45, 2.75) is 52.6 Å². The second-order valence-corrected chi connectivity index (χ2v) is 5.75. The van der Waals surface area contributed by atoms with Crippen LogP contribution in [-0.4, -0.2) is 35.6 Å². The van der Waals surface area contributed by atoms with Crippen LogP contribution in [0.1, 0.15) is 38.6 Å². The first-order chi connectivity index (χ1) is 9.71. The molecule has 0 aromatic carbocycles. The first-order valence-corrected chi connectivity index (χ1v) is 8.14. The van der Waals surface area contributed by atoms with Crippen LogP contribution >= 0.6 is 11.6 Å². The molecule has 114 valence electrons. The van der Waals surface area contributed by atoms with E-state index in [1.807, 2.05) is 0 Å². The third-order valence-electron chi connectivity index (χ3n) is 4.11. The minimum Gasteiger partial charge on any atom is -0.381 e. The van der Waals surface area contributed by atoms with Gasteiger partial charge in [-0.3, -0.25) is 4.68 Å². The Hall–Kier alpha value is -0.580. The van der Waals surface area contributed by atoms with Gasteiger partial charge in [-0.25, -0.2) is 0 Å². The Balaban J connectivity index is 2.18. The Morgan fingerprint density at radius 1 is 1.45 bits per heavy atom. The number of nitrogens with one attached hydrogen (secondary N) is 1. The summed E-state index contributed by atoms with van der Waals surface area (Å²) in [6.45, 7) is 9.95. The molecule has 1 N–H and O–H groups in total.